The molecule has 0 heterocycles. The van der Waals surface area contributed by atoms with Crippen LogP contribution in [-0.2, 0) is 20.9 Å². The molecule has 0 aromatic heterocycles. The van der Waals surface area contributed by atoms with E-state index in [0.29, 0.717) is 13.0 Å². The molecular formula is C13H16O4. The second-order valence-electron chi connectivity index (χ2n) is 4.06. The Morgan fingerprint density at radius 2 is 2.18 bits per heavy atom. The van der Waals surface area contributed by atoms with Crippen molar-refractivity contribution in [2.75, 3.05) is 14.2 Å². The Labute approximate surface area is 100 Å². The Hall–Kier alpha value is -1.39. The van der Waals surface area contributed by atoms with Crippen molar-refractivity contribution >= 4 is 5.78 Å². The molecule has 1 fully saturated rings. The molecule has 0 amide bonds. The molecule has 0 radical (unpaired) electrons. The molecule has 17 heavy (non-hydrogen) atoms. The SMILES string of the molecule is COCc1cccc(OC2CC(=O)C2OC)c1. The zero-order valence-corrected chi connectivity index (χ0v) is 10.0. The topological polar surface area (TPSA) is 44.8 Å². The molecule has 2 rings (SSSR count). The summed E-state index contributed by atoms with van der Waals surface area (Å²) < 4.78 is 15.8. The number of methoxy groups -OCH3 is 2. The Balaban J connectivity index is 1.99. The van der Waals surface area contributed by atoms with Crippen LogP contribution in [0.25, 0.3) is 0 Å². The van der Waals surface area contributed by atoms with Gasteiger partial charge in [-0.15, -0.1) is 0 Å². The first-order chi connectivity index (χ1) is 8.24. The van der Waals surface area contributed by atoms with Gasteiger partial charge in [0.15, 0.2) is 11.9 Å². The van der Waals surface area contributed by atoms with E-state index in [1.165, 1.54) is 7.11 Å². The standard InChI is InChI=1S/C13H16O4/c1-15-8-9-4-3-5-10(6-9)17-12-7-11(14)13(12)16-2/h3-6,12-13H,7-8H2,1-2H3. The van der Waals surface area contributed by atoms with Crippen LogP contribution in [0.3, 0.4) is 0 Å². The summed E-state index contributed by atoms with van der Waals surface area (Å²) in [5.74, 6) is 0.852. The molecule has 0 N–H and O–H groups in total. The van der Waals surface area contributed by atoms with Crippen LogP contribution in [0.2, 0.25) is 0 Å². The lowest BCUT2D eigenvalue weighted by Crippen LogP contribution is -2.51. The van der Waals surface area contributed by atoms with Gasteiger partial charge in [-0.1, -0.05) is 12.1 Å². The van der Waals surface area contributed by atoms with E-state index in [-0.39, 0.29) is 11.9 Å². The molecule has 1 saturated carbocycles. The van der Waals surface area contributed by atoms with Gasteiger partial charge >= 0.3 is 0 Å². The Bertz CT molecular complexity index is 402. The van der Waals surface area contributed by atoms with Gasteiger partial charge in [-0.05, 0) is 17.7 Å². The van der Waals surface area contributed by atoms with Gasteiger partial charge in [0.25, 0.3) is 0 Å². The molecule has 4 nitrogen and oxygen atoms in total. The van der Waals surface area contributed by atoms with Gasteiger partial charge in [0.2, 0.25) is 0 Å². The summed E-state index contributed by atoms with van der Waals surface area (Å²) in [7, 11) is 3.18. The van der Waals surface area contributed by atoms with Gasteiger partial charge in [0.1, 0.15) is 11.9 Å². The minimum Gasteiger partial charge on any atom is -0.487 e. The van der Waals surface area contributed by atoms with Gasteiger partial charge in [0, 0.05) is 20.6 Å². The summed E-state index contributed by atoms with van der Waals surface area (Å²) in [6, 6.07) is 7.66. The third kappa shape index (κ3) is 2.65. The van der Waals surface area contributed by atoms with Gasteiger partial charge in [-0.3, -0.25) is 4.79 Å². The van der Waals surface area contributed by atoms with Crippen LogP contribution < -0.4 is 4.74 Å². The lowest BCUT2D eigenvalue weighted by atomic mass is 9.90. The molecule has 0 aliphatic heterocycles. The number of ether oxygens (including phenoxy) is 3. The third-order valence-corrected chi connectivity index (χ3v) is 2.81. The fraction of sp³-hybridized carbons (Fsp3) is 0.462. The van der Waals surface area contributed by atoms with Gasteiger partial charge in [-0.25, -0.2) is 0 Å². The highest BCUT2D eigenvalue weighted by Gasteiger charge is 2.41. The number of ketones is 1. The maximum atomic E-state index is 11.2. The number of rotatable bonds is 5. The molecule has 2 unspecified atom stereocenters. The van der Waals surface area contributed by atoms with E-state index >= 15 is 0 Å². The van der Waals surface area contributed by atoms with Crippen LogP contribution in [0.15, 0.2) is 24.3 Å². The van der Waals surface area contributed by atoms with Crippen LogP contribution in [0.5, 0.6) is 5.75 Å². The van der Waals surface area contributed by atoms with Crippen molar-refractivity contribution in [1.29, 1.82) is 0 Å². The van der Waals surface area contributed by atoms with Gasteiger partial charge in [-0.2, -0.15) is 0 Å². The van der Waals surface area contributed by atoms with Crippen molar-refractivity contribution in [2.24, 2.45) is 0 Å². The monoisotopic (exact) mass is 236 g/mol. The molecule has 1 aliphatic rings. The number of hydrogen-bond acceptors (Lipinski definition) is 4. The van der Waals surface area contributed by atoms with E-state index in [2.05, 4.69) is 0 Å². The summed E-state index contributed by atoms with van der Waals surface area (Å²) in [6.07, 6.45) is -0.154. The molecule has 0 saturated heterocycles. The van der Waals surface area contributed by atoms with Crippen molar-refractivity contribution in [3.63, 3.8) is 0 Å². The normalized spacial score (nSPS) is 23.3. The molecule has 4 heteroatoms. The minimum atomic E-state index is -0.416. The quantitative estimate of drug-likeness (QED) is 0.778. The van der Waals surface area contributed by atoms with E-state index in [9.17, 15) is 4.79 Å². The van der Waals surface area contributed by atoms with E-state index in [0.717, 1.165) is 11.3 Å². The van der Waals surface area contributed by atoms with Crippen molar-refractivity contribution in [1.82, 2.24) is 0 Å². The van der Waals surface area contributed by atoms with Crippen LogP contribution in [-0.4, -0.2) is 32.2 Å². The van der Waals surface area contributed by atoms with Crippen molar-refractivity contribution < 1.29 is 19.0 Å². The minimum absolute atomic E-state index is 0.102. The zero-order chi connectivity index (χ0) is 12.3. The molecule has 1 aromatic carbocycles. The Morgan fingerprint density at radius 1 is 1.35 bits per heavy atom. The second-order valence-corrected chi connectivity index (χ2v) is 4.06. The van der Waals surface area contributed by atoms with Crippen LogP contribution in [0.4, 0.5) is 0 Å². The van der Waals surface area contributed by atoms with Crippen LogP contribution >= 0.6 is 0 Å². The maximum Gasteiger partial charge on any atom is 0.169 e. The molecular weight excluding hydrogens is 220 g/mol. The van der Waals surface area contributed by atoms with Crippen LogP contribution in [0.1, 0.15) is 12.0 Å². The van der Waals surface area contributed by atoms with Crippen molar-refractivity contribution in [3.05, 3.63) is 29.8 Å². The van der Waals surface area contributed by atoms with Gasteiger partial charge in [0.05, 0.1) is 6.61 Å². The highest BCUT2D eigenvalue weighted by molar-refractivity contribution is 5.90. The maximum absolute atomic E-state index is 11.2. The van der Waals surface area contributed by atoms with Crippen molar-refractivity contribution in [2.45, 2.75) is 25.2 Å². The number of carbonyl (C=O) groups is 1. The Morgan fingerprint density at radius 3 is 2.82 bits per heavy atom. The third-order valence-electron chi connectivity index (χ3n) is 2.81. The second kappa shape index (κ2) is 5.29. The fourth-order valence-electron chi connectivity index (χ4n) is 1.91. The molecule has 1 aliphatic carbocycles. The smallest absolute Gasteiger partial charge is 0.169 e. The van der Waals surface area contributed by atoms with Gasteiger partial charge < -0.3 is 14.2 Å². The number of benzene rings is 1. The highest BCUT2D eigenvalue weighted by atomic mass is 16.5. The molecule has 0 bridgehead atoms. The van der Waals surface area contributed by atoms with Crippen LogP contribution in [0, 0.1) is 0 Å². The van der Waals surface area contributed by atoms with E-state index < -0.39 is 6.10 Å². The Kier molecular flexibility index (Phi) is 3.76. The fourth-order valence-corrected chi connectivity index (χ4v) is 1.91. The molecule has 0 spiro atoms. The van der Waals surface area contributed by atoms with Crippen molar-refractivity contribution in [3.8, 4) is 5.75 Å². The first kappa shape index (κ1) is 12.1. The summed E-state index contributed by atoms with van der Waals surface area (Å²) in [5.41, 5.74) is 1.05. The number of Topliss-reactive ketones (excluding diaryl/α,β-unsaturated/α-hetero) is 1. The predicted octanol–water partition coefficient (Wildman–Crippen LogP) is 1.57. The summed E-state index contributed by atoms with van der Waals surface area (Å²) in [5, 5.41) is 0. The summed E-state index contributed by atoms with van der Waals surface area (Å²) in [6.45, 7) is 0.550. The molecule has 1 aromatic rings. The van der Waals surface area contributed by atoms with E-state index in [4.69, 9.17) is 14.2 Å². The van der Waals surface area contributed by atoms with E-state index in [1.807, 2.05) is 24.3 Å². The highest BCUT2D eigenvalue weighted by Crippen LogP contribution is 2.25. The summed E-state index contributed by atoms with van der Waals surface area (Å²) in [4.78, 5) is 11.2. The first-order valence-electron chi connectivity index (χ1n) is 5.54. The largest absolute Gasteiger partial charge is 0.487 e. The molecule has 2 atom stereocenters. The predicted molar refractivity (Wildman–Crippen MR) is 62.0 cm³/mol. The zero-order valence-electron chi connectivity index (χ0n) is 10.0. The average molecular weight is 236 g/mol. The first-order valence-corrected chi connectivity index (χ1v) is 5.54. The number of carbonyl (C=O) groups excluding carboxylic acids is 1. The average Bonchev–Trinajstić information content (AvgIpc) is 2.30. The van der Waals surface area contributed by atoms with E-state index in [1.54, 1.807) is 7.11 Å². The molecule has 92 valence electrons. The summed E-state index contributed by atoms with van der Waals surface area (Å²) >= 11 is 0. The lowest BCUT2D eigenvalue weighted by molar-refractivity contribution is -0.150. The lowest BCUT2D eigenvalue weighted by Gasteiger charge is -2.33. The number of hydrogen-bond donors (Lipinski definition) is 0.